The van der Waals surface area contributed by atoms with Gasteiger partial charge in [0.2, 0.25) is 0 Å². The number of fused-ring (bicyclic) bond motifs is 1. The summed E-state index contributed by atoms with van der Waals surface area (Å²) in [6.07, 6.45) is 1.01. The van der Waals surface area contributed by atoms with Crippen molar-refractivity contribution in [3.8, 4) is 0 Å². The van der Waals surface area contributed by atoms with Crippen molar-refractivity contribution < 1.29 is 4.79 Å². The van der Waals surface area contributed by atoms with Crippen LogP contribution < -0.4 is 5.32 Å². The second kappa shape index (κ2) is 7.29. The molecule has 4 rings (SSSR count). The van der Waals surface area contributed by atoms with Crippen molar-refractivity contribution >= 4 is 38.8 Å². The van der Waals surface area contributed by atoms with Gasteiger partial charge in [-0.05, 0) is 42.0 Å². The van der Waals surface area contributed by atoms with Gasteiger partial charge in [0.05, 0.1) is 16.6 Å². The largest absolute Gasteiger partial charge is 0.340 e. The van der Waals surface area contributed by atoms with Gasteiger partial charge >= 0.3 is 0 Å². The second-order valence-electron chi connectivity index (χ2n) is 6.56. The van der Waals surface area contributed by atoms with Crippen LogP contribution >= 0.6 is 22.7 Å². The highest BCUT2D eigenvalue weighted by Crippen LogP contribution is 2.30. The lowest BCUT2D eigenvalue weighted by Crippen LogP contribution is -2.28. The van der Waals surface area contributed by atoms with Crippen molar-refractivity contribution in [2.24, 2.45) is 7.05 Å². The Bertz CT molecular complexity index is 1040. The highest BCUT2D eigenvalue weighted by atomic mass is 32.1. The molecule has 0 spiro atoms. The number of hydrogen-bond acceptors (Lipinski definition) is 4. The third-order valence-electron chi connectivity index (χ3n) is 4.74. The predicted octanol–water partition coefficient (Wildman–Crippen LogP) is 5.09. The highest BCUT2D eigenvalue weighted by molar-refractivity contribution is 7.20. The van der Waals surface area contributed by atoms with Gasteiger partial charge in [-0.2, -0.15) is 5.10 Å². The number of aryl methyl sites for hydroxylation is 3. The second-order valence-corrected chi connectivity index (χ2v) is 8.57. The number of hydrogen-bond donors (Lipinski definition) is 1. The number of aromatic nitrogens is 2. The summed E-state index contributed by atoms with van der Waals surface area (Å²) in [5.41, 5.74) is 3.34. The number of nitrogens with zero attached hydrogens (tertiary/aromatic N) is 2. The molecular formula is C21H21N3OS2. The number of thiophene rings is 2. The number of rotatable bonds is 5. The van der Waals surface area contributed by atoms with E-state index in [1.54, 1.807) is 11.3 Å². The van der Waals surface area contributed by atoms with Gasteiger partial charge in [0.25, 0.3) is 5.91 Å². The fraction of sp³-hybridized carbons (Fsp3) is 0.238. The van der Waals surface area contributed by atoms with Crippen LogP contribution in [-0.4, -0.2) is 15.7 Å². The molecule has 4 aromatic rings. The number of nitrogens with one attached hydrogen (secondary N) is 1. The molecule has 0 aliphatic rings. The number of benzene rings is 1. The van der Waals surface area contributed by atoms with Crippen LogP contribution in [0.4, 0.5) is 0 Å². The van der Waals surface area contributed by atoms with E-state index in [0.717, 1.165) is 32.8 Å². The van der Waals surface area contributed by atoms with E-state index >= 15 is 0 Å². The van der Waals surface area contributed by atoms with Gasteiger partial charge < -0.3 is 5.32 Å². The Balaban J connectivity index is 1.65. The van der Waals surface area contributed by atoms with E-state index in [-0.39, 0.29) is 11.9 Å². The van der Waals surface area contributed by atoms with E-state index in [1.807, 2.05) is 36.2 Å². The Kier molecular flexibility index (Phi) is 4.85. The molecule has 0 saturated heterocycles. The molecule has 27 heavy (non-hydrogen) atoms. The molecule has 1 aromatic carbocycles. The summed E-state index contributed by atoms with van der Waals surface area (Å²) in [5, 5.41) is 10.7. The molecule has 6 heteroatoms. The molecule has 0 radical (unpaired) electrons. The Morgan fingerprint density at radius 1 is 1.26 bits per heavy atom. The molecule has 1 amide bonds. The van der Waals surface area contributed by atoms with Crippen LogP contribution in [0.1, 0.15) is 44.3 Å². The van der Waals surface area contributed by atoms with Gasteiger partial charge in [-0.1, -0.05) is 37.3 Å². The SMILES string of the molecule is CCc1ccc(C(NC(=O)c2cc3c(C)nn(C)c3s2)c2cccs2)cc1. The molecule has 4 nitrogen and oxygen atoms in total. The van der Waals surface area contributed by atoms with Crippen molar-refractivity contribution in [1.82, 2.24) is 15.1 Å². The lowest BCUT2D eigenvalue weighted by molar-refractivity contribution is 0.0947. The fourth-order valence-electron chi connectivity index (χ4n) is 3.24. The maximum absolute atomic E-state index is 13.0. The summed E-state index contributed by atoms with van der Waals surface area (Å²) in [7, 11) is 1.91. The Morgan fingerprint density at radius 3 is 2.67 bits per heavy atom. The molecule has 0 saturated carbocycles. The molecule has 1 atom stereocenters. The van der Waals surface area contributed by atoms with Gasteiger partial charge in [-0.25, -0.2) is 0 Å². The third-order valence-corrected chi connectivity index (χ3v) is 6.88. The van der Waals surface area contributed by atoms with Gasteiger partial charge in [0.1, 0.15) is 4.83 Å². The maximum atomic E-state index is 13.0. The highest BCUT2D eigenvalue weighted by Gasteiger charge is 2.21. The zero-order valence-corrected chi connectivity index (χ0v) is 17.2. The molecule has 1 unspecified atom stereocenters. The first-order valence-electron chi connectivity index (χ1n) is 8.93. The van der Waals surface area contributed by atoms with Crippen LogP contribution in [0.2, 0.25) is 0 Å². The summed E-state index contributed by atoms with van der Waals surface area (Å²) in [5.74, 6) is -0.0476. The van der Waals surface area contributed by atoms with Gasteiger partial charge in [0.15, 0.2) is 0 Å². The minimum Gasteiger partial charge on any atom is -0.340 e. The van der Waals surface area contributed by atoms with E-state index in [0.29, 0.717) is 4.88 Å². The van der Waals surface area contributed by atoms with Crippen molar-refractivity contribution in [2.45, 2.75) is 26.3 Å². The van der Waals surface area contributed by atoms with Gasteiger partial charge in [0, 0.05) is 17.3 Å². The first-order chi connectivity index (χ1) is 13.1. The van der Waals surface area contributed by atoms with Crippen LogP contribution in [0.5, 0.6) is 0 Å². The maximum Gasteiger partial charge on any atom is 0.262 e. The lowest BCUT2D eigenvalue weighted by Gasteiger charge is -2.18. The first kappa shape index (κ1) is 17.9. The fourth-order valence-corrected chi connectivity index (χ4v) is 5.07. The van der Waals surface area contributed by atoms with Crippen molar-refractivity contribution in [1.29, 1.82) is 0 Å². The quantitative estimate of drug-likeness (QED) is 0.512. The Labute approximate surface area is 166 Å². The van der Waals surface area contributed by atoms with Crippen molar-refractivity contribution in [3.63, 3.8) is 0 Å². The molecule has 138 valence electrons. The zero-order valence-electron chi connectivity index (χ0n) is 15.5. The van der Waals surface area contributed by atoms with E-state index < -0.39 is 0 Å². The summed E-state index contributed by atoms with van der Waals surface area (Å²) >= 11 is 3.14. The Hall–Kier alpha value is -2.44. The van der Waals surface area contributed by atoms with E-state index in [4.69, 9.17) is 0 Å². The molecule has 0 fully saturated rings. The lowest BCUT2D eigenvalue weighted by atomic mass is 10.0. The summed E-state index contributed by atoms with van der Waals surface area (Å²) in [4.78, 5) is 15.9. The molecular weight excluding hydrogens is 374 g/mol. The molecule has 0 bridgehead atoms. The summed E-state index contributed by atoms with van der Waals surface area (Å²) < 4.78 is 1.84. The molecule has 0 aliphatic carbocycles. The van der Waals surface area contributed by atoms with E-state index in [9.17, 15) is 4.79 Å². The van der Waals surface area contributed by atoms with Crippen LogP contribution in [0.3, 0.4) is 0 Å². The van der Waals surface area contributed by atoms with Crippen molar-refractivity contribution in [2.75, 3.05) is 0 Å². The number of carbonyl (C=O) groups is 1. The van der Waals surface area contributed by atoms with Crippen LogP contribution in [0.15, 0.2) is 47.8 Å². The summed E-state index contributed by atoms with van der Waals surface area (Å²) in [6.45, 7) is 4.12. The predicted molar refractivity (Wildman–Crippen MR) is 113 cm³/mol. The molecule has 0 aliphatic heterocycles. The minimum absolute atomic E-state index is 0.0476. The summed E-state index contributed by atoms with van der Waals surface area (Å²) in [6, 6.07) is 14.4. The average Bonchev–Trinajstić information content (AvgIpc) is 3.40. The van der Waals surface area contributed by atoms with Crippen molar-refractivity contribution in [3.05, 3.63) is 74.4 Å². The Morgan fingerprint density at radius 2 is 2.04 bits per heavy atom. The van der Waals surface area contributed by atoms with Crippen LogP contribution in [-0.2, 0) is 13.5 Å². The van der Waals surface area contributed by atoms with Gasteiger partial charge in [-0.3, -0.25) is 9.48 Å². The average molecular weight is 396 g/mol. The standard InChI is InChI=1S/C21H21N3OS2/c1-4-14-7-9-15(10-8-14)19(17-6-5-11-26-17)22-20(25)18-12-16-13(2)23-24(3)21(16)27-18/h5-12,19H,4H2,1-3H3,(H,22,25). The number of carbonyl (C=O) groups excluding carboxylic acids is 1. The molecule has 1 N–H and O–H groups in total. The monoisotopic (exact) mass is 395 g/mol. The van der Waals surface area contributed by atoms with E-state index in [1.165, 1.54) is 16.9 Å². The smallest absolute Gasteiger partial charge is 0.262 e. The van der Waals surface area contributed by atoms with E-state index in [2.05, 4.69) is 47.7 Å². The first-order valence-corrected chi connectivity index (χ1v) is 10.6. The minimum atomic E-state index is -0.146. The van der Waals surface area contributed by atoms with Gasteiger partial charge in [-0.15, -0.1) is 22.7 Å². The molecule has 3 aromatic heterocycles. The van der Waals surface area contributed by atoms with Crippen LogP contribution in [0.25, 0.3) is 10.2 Å². The third kappa shape index (κ3) is 3.42. The zero-order chi connectivity index (χ0) is 19.0. The topological polar surface area (TPSA) is 46.9 Å². The normalized spacial score (nSPS) is 12.4. The van der Waals surface area contributed by atoms with Crippen LogP contribution in [0, 0.1) is 6.92 Å². The molecule has 3 heterocycles. The number of amides is 1.